The molecule has 0 aliphatic carbocycles. The molecular weight excluding hydrogens is 320 g/mol. The molecule has 0 aliphatic rings. The third-order valence-corrected chi connectivity index (χ3v) is 2.76. The first-order chi connectivity index (χ1) is 7.70. The van der Waals surface area contributed by atoms with Gasteiger partial charge in [-0.2, -0.15) is 5.10 Å². The third-order valence-electron chi connectivity index (χ3n) is 2.21. The summed E-state index contributed by atoms with van der Waals surface area (Å²) in [7, 11) is 1.83. The van der Waals surface area contributed by atoms with E-state index in [0.29, 0.717) is 6.54 Å². The molecule has 0 saturated carbocycles. The minimum atomic E-state index is -0.226. The quantitative estimate of drug-likeness (QED) is 0.875. The van der Waals surface area contributed by atoms with Crippen LogP contribution in [-0.2, 0) is 6.54 Å². The number of hydrogen-bond donors (Lipinski definition) is 1. The summed E-state index contributed by atoms with van der Waals surface area (Å²) in [6.45, 7) is 0.615. The minimum Gasteiger partial charge on any atom is -0.316 e. The highest BCUT2D eigenvalue weighted by Crippen LogP contribution is 2.16. The van der Waals surface area contributed by atoms with Crippen molar-refractivity contribution in [1.82, 2.24) is 15.1 Å². The van der Waals surface area contributed by atoms with E-state index in [0.717, 1.165) is 14.8 Å². The van der Waals surface area contributed by atoms with Crippen LogP contribution in [0.5, 0.6) is 0 Å². The smallest absolute Gasteiger partial charge is 0.123 e. The van der Waals surface area contributed by atoms with E-state index in [1.54, 1.807) is 16.9 Å². The average molecular weight is 331 g/mol. The van der Waals surface area contributed by atoms with Gasteiger partial charge < -0.3 is 5.32 Å². The van der Waals surface area contributed by atoms with Gasteiger partial charge in [0.1, 0.15) is 5.82 Å². The molecule has 1 N–H and O–H groups in total. The second kappa shape index (κ2) is 4.92. The Morgan fingerprint density at radius 3 is 2.94 bits per heavy atom. The van der Waals surface area contributed by atoms with Gasteiger partial charge in [0.2, 0.25) is 0 Å². The highest BCUT2D eigenvalue weighted by atomic mass is 127. The van der Waals surface area contributed by atoms with Crippen molar-refractivity contribution in [1.29, 1.82) is 0 Å². The summed E-state index contributed by atoms with van der Waals surface area (Å²) in [6.07, 6.45) is 3.68. The number of rotatable bonds is 3. The predicted molar refractivity (Wildman–Crippen MR) is 69.0 cm³/mol. The molecular formula is C11H11FIN3. The number of hydrogen-bond acceptors (Lipinski definition) is 2. The van der Waals surface area contributed by atoms with Crippen molar-refractivity contribution >= 4 is 22.6 Å². The number of nitrogens with zero attached hydrogens (tertiary/aromatic N) is 2. The number of benzene rings is 1. The van der Waals surface area contributed by atoms with Gasteiger partial charge in [-0.15, -0.1) is 0 Å². The van der Waals surface area contributed by atoms with E-state index in [1.165, 1.54) is 12.1 Å². The van der Waals surface area contributed by atoms with Crippen LogP contribution < -0.4 is 5.32 Å². The Kier molecular flexibility index (Phi) is 3.55. The second-order valence-corrected chi connectivity index (χ2v) is 4.65. The molecule has 0 spiro atoms. The molecule has 0 radical (unpaired) electrons. The van der Waals surface area contributed by atoms with Crippen LogP contribution in [0.25, 0.3) is 5.69 Å². The maximum absolute atomic E-state index is 13.1. The highest BCUT2D eigenvalue weighted by molar-refractivity contribution is 14.1. The van der Waals surface area contributed by atoms with E-state index in [2.05, 4.69) is 33.0 Å². The van der Waals surface area contributed by atoms with Gasteiger partial charge >= 0.3 is 0 Å². The van der Waals surface area contributed by atoms with E-state index in [4.69, 9.17) is 0 Å². The zero-order valence-corrected chi connectivity index (χ0v) is 10.9. The lowest BCUT2D eigenvalue weighted by Gasteiger charge is -2.09. The average Bonchev–Trinajstić information content (AvgIpc) is 2.65. The Bertz CT molecular complexity index is 496. The SMILES string of the molecule is CNCc1cc(F)ccc1-n1cc(I)cn1. The van der Waals surface area contributed by atoms with Crippen LogP contribution in [0, 0.1) is 9.39 Å². The highest BCUT2D eigenvalue weighted by Gasteiger charge is 2.06. The van der Waals surface area contributed by atoms with Crippen molar-refractivity contribution in [2.24, 2.45) is 0 Å². The standard InChI is InChI=1S/C11H11FIN3/c1-14-5-8-4-9(12)2-3-11(8)16-7-10(13)6-15-16/h2-4,6-7,14H,5H2,1H3. The lowest BCUT2D eigenvalue weighted by Crippen LogP contribution is -2.09. The molecule has 1 heterocycles. The van der Waals surface area contributed by atoms with Crippen LogP contribution in [0.3, 0.4) is 0 Å². The van der Waals surface area contributed by atoms with Crippen LogP contribution in [0.4, 0.5) is 4.39 Å². The maximum Gasteiger partial charge on any atom is 0.123 e. The van der Waals surface area contributed by atoms with Gasteiger partial charge in [-0.25, -0.2) is 9.07 Å². The maximum atomic E-state index is 13.1. The van der Waals surface area contributed by atoms with E-state index >= 15 is 0 Å². The number of nitrogens with one attached hydrogen (secondary N) is 1. The van der Waals surface area contributed by atoms with Crippen LogP contribution >= 0.6 is 22.6 Å². The van der Waals surface area contributed by atoms with Gasteiger partial charge in [0.15, 0.2) is 0 Å². The summed E-state index contributed by atoms with van der Waals surface area (Å²) in [6, 6.07) is 4.72. The van der Waals surface area contributed by atoms with Crippen molar-refractivity contribution in [3.05, 3.63) is 45.5 Å². The Morgan fingerprint density at radius 1 is 1.50 bits per heavy atom. The second-order valence-electron chi connectivity index (χ2n) is 3.41. The van der Waals surface area contributed by atoms with Gasteiger partial charge in [-0.05, 0) is 53.4 Å². The number of halogens is 2. The molecule has 84 valence electrons. The first-order valence-electron chi connectivity index (χ1n) is 4.84. The Hall–Kier alpha value is -0.950. The van der Waals surface area contributed by atoms with Gasteiger partial charge in [-0.1, -0.05) is 0 Å². The Balaban J connectivity index is 2.47. The molecule has 2 rings (SSSR count). The van der Waals surface area contributed by atoms with E-state index in [-0.39, 0.29) is 5.82 Å². The summed E-state index contributed by atoms with van der Waals surface area (Å²) in [4.78, 5) is 0. The molecule has 1 aromatic carbocycles. The summed E-state index contributed by atoms with van der Waals surface area (Å²) in [5.74, 6) is -0.226. The zero-order valence-electron chi connectivity index (χ0n) is 8.74. The fraction of sp³-hybridized carbons (Fsp3) is 0.182. The fourth-order valence-electron chi connectivity index (χ4n) is 1.54. The molecule has 0 atom stereocenters. The molecule has 0 bridgehead atoms. The third kappa shape index (κ3) is 2.41. The molecule has 5 heteroatoms. The molecule has 16 heavy (non-hydrogen) atoms. The monoisotopic (exact) mass is 331 g/mol. The summed E-state index contributed by atoms with van der Waals surface area (Å²) < 4.78 is 15.9. The van der Waals surface area contributed by atoms with Crippen molar-refractivity contribution in [2.75, 3.05) is 7.05 Å². The van der Waals surface area contributed by atoms with Crippen molar-refractivity contribution < 1.29 is 4.39 Å². The van der Waals surface area contributed by atoms with E-state index < -0.39 is 0 Å². The first kappa shape index (κ1) is 11.5. The Morgan fingerprint density at radius 2 is 2.31 bits per heavy atom. The molecule has 0 saturated heterocycles. The Labute approximate surface area is 107 Å². The van der Waals surface area contributed by atoms with Gasteiger partial charge in [0, 0.05) is 12.7 Å². The largest absolute Gasteiger partial charge is 0.316 e. The molecule has 3 nitrogen and oxygen atoms in total. The summed E-state index contributed by atoms with van der Waals surface area (Å²) in [5, 5.41) is 7.24. The first-order valence-corrected chi connectivity index (χ1v) is 5.92. The molecule has 0 aliphatic heterocycles. The molecule has 0 fully saturated rings. The number of aromatic nitrogens is 2. The summed E-state index contributed by atoms with van der Waals surface area (Å²) >= 11 is 2.19. The van der Waals surface area contributed by atoms with Gasteiger partial charge in [-0.3, -0.25) is 0 Å². The fourth-order valence-corrected chi connectivity index (χ4v) is 1.93. The zero-order chi connectivity index (χ0) is 11.5. The van der Waals surface area contributed by atoms with E-state index in [1.807, 2.05) is 13.2 Å². The summed E-state index contributed by atoms with van der Waals surface area (Å²) in [5.41, 5.74) is 1.79. The van der Waals surface area contributed by atoms with Gasteiger partial charge in [0.05, 0.1) is 15.5 Å². The molecule has 0 unspecified atom stereocenters. The van der Waals surface area contributed by atoms with Crippen LogP contribution in [-0.4, -0.2) is 16.8 Å². The van der Waals surface area contributed by atoms with Crippen LogP contribution in [0.1, 0.15) is 5.56 Å². The van der Waals surface area contributed by atoms with Gasteiger partial charge in [0.25, 0.3) is 0 Å². The van der Waals surface area contributed by atoms with Crippen molar-refractivity contribution in [3.63, 3.8) is 0 Å². The normalized spacial score (nSPS) is 10.7. The molecule has 1 aromatic heterocycles. The molecule has 0 amide bonds. The predicted octanol–water partition coefficient (Wildman–Crippen LogP) is 2.34. The lowest BCUT2D eigenvalue weighted by molar-refractivity contribution is 0.622. The van der Waals surface area contributed by atoms with Crippen LogP contribution in [0.2, 0.25) is 0 Å². The van der Waals surface area contributed by atoms with E-state index in [9.17, 15) is 4.39 Å². The topological polar surface area (TPSA) is 29.9 Å². The minimum absolute atomic E-state index is 0.226. The van der Waals surface area contributed by atoms with Crippen molar-refractivity contribution in [2.45, 2.75) is 6.54 Å². The molecule has 2 aromatic rings. The lowest BCUT2D eigenvalue weighted by atomic mass is 10.1. The van der Waals surface area contributed by atoms with Crippen LogP contribution in [0.15, 0.2) is 30.6 Å². The van der Waals surface area contributed by atoms with Crippen molar-refractivity contribution in [3.8, 4) is 5.69 Å².